The third kappa shape index (κ3) is 3.85. The van der Waals surface area contributed by atoms with Crippen LogP contribution in [-0.4, -0.2) is 15.5 Å². The van der Waals surface area contributed by atoms with Gasteiger partial charge in [-0.2, -0.15) is 0 Å². The maximum Gasteiger partial charge on any atom is 0.240 e. The Kier molecular flexibility index (Phi) is 5.52. The van der Waals surface area contributed by atoms with Gasteiger partial charge in [-0.05, 0) is 38.8 Å². The van der Waals surface area contributed by atoms with Gasteiger partial charge >= 0.3 is 0 Å². The highest BCUT2D eigenvalue weighted by Crippen LogP contribution is 2.19. The molecule has 2 heterocycles. The molecule has 3 aromatic rings. The van der Waals surface area contributed by atoms with Gasteiger partial charge in [0, 0.05) is 22.0 Å². The quantitative estimate of drug-likeness (QED) is 0.725. The van der Waals surface area contributed by atoms with Crippen LogP contribution < -0.4 is 10.7 Å². The molecular weight excluding hydrogens is 346 g/mol. The smallest absolute Gasteiger partial charge is 0.240 e. The van der Waals surface area contributed by atoms with E-state index in [2.05, 4.69) is 17.2 Å². The van der Waals surface area contributed by atoms with Gasteiger partial charge in [0.05, 0.1) is 22.8 Å². The second kappa shape index (κ2) is 7.83. The summed E-state index contributed by atoms with van der Waals surface area (Å²) in [6.45, 7) is 6.65. The average Bonchev–Trinajstić information content (AvgIpc) is 2.96. The summed E-state index contributed by atoms with van der Waals surface area (Å²) in [5.41, 5.74) is 2.54. The standard InChI is InChI=1S/C20H23N3O2S/c1-4-7-20-22-14(3)18(26-20)11-21-19(25)12-23-13(2)10-17(24)15-8-5-6-9-16(15)23/h5-6,8-10H,4,7,11-12H2,1-3H3,(H,21,25). The van der Waals surface area contributed by atoms with Crippen LogP contribution in [0.4, 0.5) is 0 Å². The van der Waals surface area contributed by atoms with Crippen LogP contribution >= 0.6 is 11.3 Å². The van der Waals surface area contributed by atoms with E-state index in [0.717, 1.165) is 39.6 Å². The summed E-state index contributed by atoms with van der Waals surface area (Å²) in [5.74, 6) is -0.0771. The minimum absolute atomic E-state index is 0.0153. The lowest BCUT2D eigenvalue weighted by Gasteiger charge is -2.14. The molecule has 0 saturated heterocycles. The number of pyridine rings is 1. The summed E-state index contributed by atoms with van der Waals surface area (Å²) in [6, 6.07) is 8.97. The second-order valence-corrected chi connectivity index (χ2v) is 7.56. The molecule has 0 spiro atoms. The van der Waals surface area contributed by atoms with Gasteiger partial charge in [-0.1, -0.05) is 19.1 Å². The molecule has 0 bridgehead atoms. The third-order valence-corrected chi connectivity index (χ3v) is 5.59. The molecule has 5 nitrogen and oxygen atoms in total. The lowest BCUT2D eigenvalue weighted by molar-refractivity contribution is -0.121. The first-order valence-electron chi connectivity index (χ1n) is 8.80. The first-order chi connectivity index (χ1) is 12.5. The molecular formula is C20H23N3O2S. The largest absolute Gasteiger partial charge is 0.350 e. The maximum absolute atomic E-state index is 12.5. The van der Waals surface area contributed by atoms with Crippen LogP contribution in [0.3, 0.4) is 0 Å². The number of fused-ring (bicyclic) bond motifs is 1. The average molecular weight is 369 g/mol. The van der Waals surface area contributed by atoms with Crippen LogP contribution in [0.25, 0.3) is 10.9 Å². The van der Waals surface area contributed by atoms with E-state index in [9.17, 15) is 9.59 Å². The molecule has 136 valence electrons. The summed E-state index contributed by atoms with van der Waals surface area (Å²) >= 11 is 1.67. The van der Waals surface area contributed by atoms with Crippen molar-refractivity contribution in [3.8, 4) is 0 Å². The number of aromatic nitrogens is 2. The number of carbonyl (C=O) groups excluding carboxylic acids is 1. The highest BCUT2D eigenvalue weighted by atomic mass is 32.1. The fraction of sp³-hybridized carbons (Fsp3) is 0.350. The predicted octanol–water partition coefficient (Wildman–Crippen LogP) is 3.34. The van der Waals surface area contributed by atoms with Gasteiger partial charge in [0.2, 0.25) is 5.91 Å². The minimum Gasteiger partial charge on any atom is -0.350 e. The number of nitrogens with zero attached hydrogens (tertiary/aromatic N) is 2. The number of amides is 1. The fourth-order valence-corrected chi connectivity index (χ4v) is 4.12. The van der Waals surface area contributed by atoms with Gasteiger partial charge < -0.3 is 9.88 Å². The zero-order valence-corrected chi connectivity index (χ0v) is 16.2. The van der Waals surface area contributed by atoms with Crippen LogP contribution in [0.15, 0.2) is 35.1 Å². The van der Waals surface area contributed by atoms with Gasteiger partial charge in [0.1, 0.15) is 6.54 Å². The van der Waals surface area contributed by atoms with Crippen molar-refractivity contribution in [2.45, 2.75) is 46.7 Å². The molecule has 1 aromatic carbocycles. The number of nitrogens with one attached hydrogen (secondary N) is 1. The Labute approximate surface area is 156 Å². The Balaban J connectivity index is 1.75. The van der Waals surface area contributed by atoms with Crippen LogP contribution in [-0.2, 0) is 24.3 Å². The number of benzene rings is 1. The lowest BCUT2D eigenvalue weighted by Crippen LogP contribution is -2.28. The van der Waals surface area contributed by atoms with E-state index in [1.807, 2.05) is 36.6 Å². The van der Waals surface area contributed by atoms with Crippen LogP contribution in [0.5, 0.6) is 0 Å². The number of para-hydroxylation sites is 1. The van der Waals surface area contributed by atoms with Crippen LogP contribution in [0.2, 0.25) is 0 Å². The fourth-order valence-electron chi connectivity index (χ4n) is 3.01. The van der Waals surface area contributed by atoms with Crippen molar-refractivity contribution < 1.29 is 4.79 Å². The number of aryl methyl sites for hydroxylation is 3. The van der Waals surface area contributed by atoms with Crippen molar-refractivity contribution in [2.75, 3.05) is 0 Å². The third-order valence-electron chi connectivity index (χ3n) is 4.37. The zero-order valence-electron chi connectivity index (χ0n) is 15.3. The number of carbonyl (C=O) groups is 1. The minimum atomic E-state index is -0.0771. The highest BCUT2D eigenvalue weighted by Gasteiger charge is 2.12. The Hall–Kier alpha value is -2.47. The summed E-state index contributed by atoms with van der Waals surface area (Å²) in [4.78, 5) is 30.3. The van der Waals surface area contributed by atoms with Crippen molar-refractivity contribution in [1.29, 1.82) is 0 Å². The van der Waals surface area contributed by atoms with Gasteiger partial charge in [-0.3, -0.25) is 9.59 Å². The molecule has 0 aliphatic heterocycles. The maximum atomic E-state index is 12.5. The second-order valence-electron chi connectivity index (χ2n) is 6.40. The summed E-state index contributed by atoms with van der Waals surface area (Å²) in [7, 11) is 0. The van der Waals surface area contributed by atoms with Crippen molar-refractivity contribution in [3.05, 3.63) is 61.8 Å². The van der Waals surface area contributed by atoms with E-state index in [0.29, 0.717) is 11.9 Å². The van der Waals surface area contributed by atoms with Crippen molar-refractivity contribution >= 4 is 28.1 Å². The zero-order chi connectivity index (χ0) is 18.7. The summed E-state index contributed by atoms with van der Waals surface area (Å²) < 4.78 is 1.88. The molecule has 0 radical (unpaired) electrons. The Morgan fingerprint density at radius 3 is 2.81 bits per heavy atom. The van der Waals surface area contributed by atoms with Gasteiger partial charge in [0.25, 0.3) is 0 Å². The van der Waals surface area contributed by atoms with E-state index in [-0.39, 0.29) is 17.9 Å². The van der Waals surface area contributed by atoms with E-state index >= 15 is 0 Å². The molecule has 3 rings (SSSR count). The molecule has 2 aromatic heterocycles. The Morgan fingerprint density at radius 2 is 2.04 bits per heavy atom. The van der Waals surface area contributed by atoms with Gasteiger partial charge in [-0.25, -0.2) is 4.98 Å². The van der Waals surface area contributed by atoms with Crippen LogP contribution in [0, 0.1) is 13.8 Å². The van der Waals surface area contributed by atoms with Gasteiger partial charge in [0.15, 0.2) is 5.43 Å². The van der Waals surface area contributed by atoms with E-state index < -0.39 is 0 Å². The number of hydrogen-bond acceptors (Lipinski definition) is 4. The molecule has 0 aliphatic carbocycles. The number of hydrogen-bond donors (Lipinski definition) is 1. The van der Waals surface area contributed by atoms with E-state index in [4.69, 9.17) is 0 Å². The van der Waals surface area contributed by atoms with Gasteiger partial charge in [-0.15, -0.1) is 11.3 Å². The van der Waals surface area contributed by atoms with Crippen LogP contribution in [0.1, 0.15) is 34.6 Å². The predicted molar refractivity (Wildman–Crippen MR) is 106 cm³/mol. The number of rotatable bonds is 6. The monoisotopic (exact) mass is 369 g/mol. The normalized spacial score (nSPS) is 11.0. The highest BCUT2D eigenvalue weighted by molar-refractivity contribution is 7.11. The van der Waals surface area contributed by atoms with Crippen molar-refractivity contribution in [1.82, 2.24) is 14.9 Å². The lowest BCUT2D eigenvalue weighted by atomic mass is 10.2. The molecule has 0 unspecified atom stereocenters. The van der Waals surface area contributed by atoms with Crippen molar-refractivity contribution in [2.24, 2.45) is 0 Å². The SMILES string of the molecule is CCCc1nc(C)c(CNC(=O)Cn2c(C)cc(=O)c3ccccc32)s1. The molecule has 26 heavy (non-hydrogen) atoms. The molecule has 0 aliphatic rings. The Morgan fingerprint density at radius 1 is 1.27 bits per heavy atom. The molecule has 0 atom stereocenters. The first-order valence-corrected chi connectivity index (χ1v) is 9.62. The van der Waals surface area contributed by atoms with E-state index in [1.165, 1.54) is 0 Å². The molecule has 1 N–H and O–H groups in total. The Bertz CT molecular complexity index is 1000. The van der Waals surface area contributed by atoms with E-state index in [1.54, 1.807) is 23.5 Å². The topological polar surface area (TPSA) is 64.0 Å². The summed E-state index contributed by atoms with van der Waals surface area (Å²) in [5, 5.41) is 4.74. The number of thiazole rings is 1. The molecule has 0 saturated carbocycles. The first kappa shape index (κ1) is 18.3. The molecule has 6 heteroatoms. The van der Waals surface area contributed by atoms with Crippen molar-refractivity contribution in [3.63, 3.8) is 0 Å². The summed E-state index contributed by atoms with van der Waals surface area (Å²) in [6.07, 6.45) is 2.04. The molecule has 1 amide bonds. The molecule has 0 fully saturated rings.